The van der Waals surface area contributed by atoms with Crippen LogP contribution in [0.25, 0.3) is 10.9 Å². The monoisotopic (exact) mass is 984 g/mol. The summed E-state index contributed by atoms with van der Waals surface area (Å²) in [5.74, 6) is -6.69. The number of imidazole rings is 1. The zero-order valence-corrected chi connectivity index (χ0v) is 41.1. The fraction of sp³-hybridized carbons (Fsp3) is 0.469. The smallest absolute Gasteiger partial charge is 0.243 e. The number of aromatic nitrogens is 3. The molecule has 2 aromatic carbocycles. The van der Waals surface area contributed by atoms with Crippen LogP contribution in [-0.4, -0.2) is 123 Å². The molecular weight excluding hydrogens is 915 g/mol. The van der Waals surface area contributed by atoms with Crippen LogP contribution in [0.1, 0.15) is 77.6 Å². The number of primary amides is 1. The van der Waals surface area contributed by atoms with E-state index in [1.165, 1.54) is 19.4 Å². The fourth-order valence-corrected chi connectivity index (χ4v) is 7.61. The second-order valence-electron chi connectivity index (χ2n) is 18.2. The predicted octanol–water partition coefficient (Wildman–Crippen LogP) is -0.605. The molecule has 0 radical (unpaired) electrons. The van der Waals surface area contributed by atoms with Gasteiger partial charge >= 0.3 is 0 Å². The highest BCUT2D eigenvalue weighted by molar-refractivity contribution is 5.98. The van der Waals surface area contributed by atoms with Gasteiger partial charge < -0.3 is 64.0 Å². The summed E-state index contributed by atoms with van der Waals surface area (Å²) >= 11 is 0. The maximum atomic E-state index is 14.1. The zero-order valence-electron chi connectivity index (χ0n) is 41.1. The number of carbonyl (C=O) groups excluding carboxylic acids is 9. The molecule has 14 N–H and O–H groups in total. The van der Waals surface area contributed by atoms with Crippen LogP contribution in [0.4, 0.5) is 0 Å². The molecule has 0 aliphatic rings. The Bertz CT molecular complexity index is 2440. The van der Waals surface area contributed by atoms with Crippen LogP contribution in [0.3, 0.4) is 0 Å². The summed E-state index contributed by atoms with van der Waals surface area (Å²) in [6.07, 6.45) is 4.52. The summed E-state index contributed by atoms with van der Waals surface area (Å²) in [7, 11) is 0. The highest BCUT2D eigenvalue weighted by atomic mass is 16.2. The summed E-state index contributed by atoms with van der Waals surface area (Å²) in [5.41, 5.74) is 14.3. The Hall–Kier alpha value is -7.62. The third-order valence-corrected chi connectivity index (χ3v) is 11.4. The Labute approximate surface area is 412 Å². The standard InChI is InChI=1S/C49H69N13O9/c1-7-53-45(67)37(19-27(2)3)60-48(70)39(22-32-24-52-26-56-32)58-41(64)25-55-49(71)42(28(4)5)62-43(65)29(6)57-47(69)38(21-31-23-54-35-16-12-11-15-33(31)35)61-46(68)36(17-18-40(51)63)59-44(66)34(50)20-30-13-9-8-10-14-30/h8-16,23-24,26-29,34,36-39,42,54H,7,17-22,25,50H2,1-6H3,(H2,51,63)(H,52,56)(H,53,67)(H,55,71)(H,57,69)(H,58,64)(H,59,66)(H,60,70)(H,61,68)(H,62,65)/t29-,34+,36-,37-,38-,39-,42-/m0/s1. The molecular formula is C49H69N13O9. The van der Waals surface area contributed by atoms with E-state index < -0.39 is 102 Å². The molecule has 7 atom stereocenters. The summed E-state index contributed by atoms with van der Waals surface area (Å²) in [6.45, 7) is 10.0. The average Bonchev–Trinajstić information content (AvgIpc) is 4.00. The van der Waals surface area contributed by atoms with Crippen molar-refractivity contribution in [2.75, 3.05) is 13.1 Å². The van der Waals surface area contributed by atoms with E-state index in [4.69, 9.17) is 11.5 Å². The molecule has 22 heteroatoms. The molecule has 71 heavy (non-hydrogen) atoms. The summed E-state index contributed by atoms with van der Waals surface area (Å²) < 4.78 is 0. The minimum absolute atomic E-state index is 0.00768. The number of H-pyrrole nitrogens is 2. The largest absolute Gasteiger partial charge is 0.370 e. The lowest BCUT2D eigenvalue weighted by Gasteiger charge is -2.26. The van der Waals surface area contributed by atoms with Crippen LogP contribution in [0.5, 0.6) is 0 Å². The highest BCUT2D eigenvalue weighted by Crippen LogP contribution is 2.20. The van der Waals surface area contributed by atoms with Gasteiger partial charge in [0, 0.05) is 54.8 Å². The van der Waals surface area contributed by atoms with Gasteiger partial charge in [-0.2, -0.15) is 0 Å². The lowest BCUT2D eigenvalue weighted by Crippen LogP contribution is -2.59. The normalized spacial score (nSPS) is 14.2. The van der Waals surface area contributed by atoms with Crippen molar-refractivity contribution < 1.29 is 43.2 Å². The molecule has 0 unspecified atom stereocenters. The number of nitrogens with one attached hydrogen (secondary N) is 10. The van der Waals surface area contributed by atoms with Gasteiger partial charge in [0.2, 0.25) is 53.2 Å². The molecule has 0 fully saturated rings. The number of nitrogens with zero attached hydrogens (tertiary/aromatic N) is 1. The van der Waals surface area contributed by atoms with Crippen molar-refractivity contribution in [1.82, 2.24) is 57.5 Å². The van der Waals surface area contributed by atoms with Crippen molar-refractivity contribution in [2.45, 2.75) is 122 Å². The van der Waals surface area contributed by atoms with E-state index in [2.05, 4.69) is 57.5 Å². The number of amides is 9. The molecule has 0 bridgehead atoms. The molecule has 2 aromatic heterocycles. The van der Waals surface area contributed by atoms with Gasteiger partial charge in [-0.15, -0.1) is 0 Å². The van der Waals surface area contributed by atoms with E-state index >= 15 is 0 Å². The quantitative estimate of drug-likeness (QED) is 0.0341. The average molecular weight is 984 g/mol. The Morgan fingerprint density at radius 1 is 0.634 bits per heavy atom. The van der Waals surface area contributed by atoms with E-state index in [-0.39, 0.29) is 43.9 Å². The van der Waals surface area contributed by atoms with E-state index in [1.54, 1.807) is 57.3 Å². The molecule has 4 aromatic rings. The van der Waals surface area contributed by atoms with Gasteiger partial charge in [0.05, 0.1) is 18.9 Å². The topological polar surface area (TPSA) is 346 Å². The van der Waals surface area contributed by atoms with Crippen molar-refractivity contribution in [3.8, 4) is 0 Å². The first kappa shape index (κ1) is 56.0. The van der Waals surface area contributed by atoms with Crippen LogP contribution < -0.4 is 54.0 Å². The van der Waals surface area contributed by atoms with Crippen LogP contribution in [0.15, 0.2) is 73.3 Å². The number of nitrogens with two attached hydrogens (primary N) is 2. The Kier molecular flexibility index (Phi) is 21.7. The summed E-state index contributed by atoms with van der Waals surface area (Å²) in [6, 6.07) is 8.08. The molecule has 9 amide bonds. The minimum atomic E-state index is -1.33. The van der Waals surface area contributed by atoms with Crippen LogP contribution >= 0.6 is 0 Å². The Morgan fingerprint density at radius 2 is 1.27 bits per heavy atom. The van der Waals surface area contributed by atoms with E-state index in [0.29, 0.717) is 24.2 Å². The van der Waals surface area contributed by atoms with Gasteiger partial charge in [-0.1, -0.05) is 76.2 Å². The molecule has 0 saturated carbocycles. The number of para-hydroxylation sites is 1. The third kappa shape index (κ3) is 18.0. The van der Waals surface area contributed by atoms with Gasteiger partial charge in [-0.25, -0.2) is 4.98 Å². The number of fused-ring (bicyclic) bond motifs is 1. The molecule has 4 rings (SSSR count). The maximum Gasteiger partial charge on any atom is 0.243 e. The predicted molar refractivity (Wildman–Crippen MR) is 264 cm³/mol. The molecule has 0 aliphatic heterocycles. The SMILES string of the molecule is CCNC(=O)[C@H](CC(C)C)NC(=O)[C@H](Cc1cnc[nH]1)NC(=O)CNC(=O)[C@@H](NC(=O)[C@H](C)NC(=O)[C@H](Cc1c[nH]c2ccccc12)NC(=O)[C@H](CCC(N)=O)NC(=O)[C@H](N)Cc1ccccc1)C(C)C. The van der Waals surface area contributed by atoms with Crippen molar-refractivity contribution in [2.24, 2.45) is 23.3 Å². The van der Waals surface area contributed by atoms with Gasteiger partial charge in [-0.05, 0) is 62.1 Å². The van der Waals surface area contributed by atoms with Gasteiger partial charge in [-0.3, -0.25) is 43.2 Å². The minimum Gasteiger partial charge on any atom is -0.370 e. The van der Waals surface area contributed by atoms with Crippen LogP contribution in [0, 0.1) is 11.8 Å². The van der Waals surface area contributed by atoms with E-state index in [0.717, 1.165) is 16.5 Å². The summed E-state index contributed by atoms with van der Waals surface area (Å²) in [4.78, 5) is 130. The molecule has 22 nitrogen and oxygen atoms in total. The van der Waals surface area contributed by atoms with Crippen molar-refractivity contribution in [1.29, 1.82) is 0 Å². The van der Waals surface area contributed by atoms with Crippen LogP contribution in [0.2, 0.25) is 0 Å². The first-order valence-electron chi connectivity index (χ1n) is 23.7. The van der Waals surface area contributed by atoms with Gasteiger partial charge in [0.15, 0.2) is 0 Å². The number of hydrogen-bond acceptors (Lipinski definition) is 11. The number of aromatic amines is 2. The Morgan fingerprint density at radius 3 is 1.92 bits per heavy atom. The first-order valence-corrected chi connectivity index (χ1v) is 23.7. The number of carbonyl (C=O) groups is 9. The number of likely N-dealkylation sites (N-methyl/N-ethyl adjacent to an activating group) is 1. The van der Waals surface area contributed by atoms with Crippen LogP contribution in [-0.2, 0) is 62.4 Å². The molecule has 384 valence electrons. The number of benzene rings is 2. The van der Waals surface area contributed by atoms with Crippen molar-refractivity contribution in [3.05, 3.63) is 90.1 Å². The van der Waals surface area contributed by atoms with E-state index in [1.807, 2.05) is 38.1 Å². The lowest BCUT2D eigenvalue weighted by atomic mass is 10.0. The number of rotatable bonds is 28. The molecule has 0 saturated heterocycles. The molecule has 0 aliphatic carbocycles. The van der Waals surface area contributed by atoms with Gasteiger partial charge in [0.25, 0.3) is 0 Å². The van der Waals surface area contributed by atoms with Gasteiger partial charge in [0.1, 0.15) is 36.3 Å². The lowest BCUT2D eigenvalue weighted by molar-refractivity contribution is -0.135. The molecule has 2 heterocycles. The first-order chi connectivity index (χ1) is 33.8. The van der Waals surface area contributed by atoms with E-state index in [9.17, 15) is 43.2 Å². The second-order valence-corrected chi connectivity index (χ2v) is 18.2. The maximum absolute atomic E-state index is 14.1. The van der Waals surface area contributed by atoms with Crippen molar-refractivity contribution in [3.63, 3.8) is 0 Å². The fourth-order valence-electron chi connectivity index (χ4n) is 7.61. The summed E-state index contributed by atoms with van der Waals surface area (Å²) in [5, 5.41) is 21.9. The Balaban J connectivity index is 1.44. The molecule has 0 spiro atoms. The third-order valence-electron chi connectivity index (χ3n) is 11.4. The zero-order chi connectivity index (χ0) is 52.2. The highest BCUT2D eigenvalue weighted by Gasteiger charge is 2.33. The van der Waals surface area contributed by atoms with Crippen molar-refractivity contribution >= 4 is 64.1 Å². The second kappa shape index (κ2) is 27.5. The number of hydrogen-bond donors (Lipinski definition) is 12.